The van der Waals surface area contributed by atoms with E-state index in [0.717, 1.165) is 31.3 Å². The summed E-state index contributed by atoms with van der Waals surface area (Å²) in [6, 6.07) is 4.78. The van der Waals surface area contributed by atoms with Gasteiger partial charge in [-0.1, -0.05) is 6.07 Å². The van der Waals surface area contributed by atoms with E-state index < -0.39 is 0 Å². The average molecular weight is 250 g/mol. The van der Waals surface area contributed by atoms with Crippen LogP contribution in [-0.2, 0) is 11.3 Å². The first-order chi connectivity index (χ1) is 8.79. The highest BCUT2D eigenvalue weighted by atomic mass is 16.5. The van der Waals surface area contributed by atoms with E-state index >= 15 is 0 Å². The molecule has 0 aliphatic heterocycles. The van der Waals surface area contributed by atoms with Gasteiger partial charge in [-0.3, -0.25) is 0 Å². The number of pyridine rings is 1. The van der Waals surface area contributed by atoms with Crippen molar-refractivity contribution >= 4 is 0 Å². The molecule has 18 heavy (non-hydrogen) atoms. The number of ether oxygens (including phenoxy) is 2. The van der Waals surface area contributed by atoms with Crippen LogP contribution in [0.4, 0.5) is 0 Å². The van der Waals surface area contributed by atoms with Gasteiger partial charge >= 0.3 is 0 Å². The Balaban J connectivity index is 1.79. The molecule has 4 heteroatoms. The quantitative estimate of drug-likeness (QED) is 0.717. The van der Waals surface area contributed by atoms with Crippen molar-refractivity contribution in [3.8, 4) is 5.88 Å². The van der Waals surface area contributed by atoms with Gasteiger partial charge in [0.05, 0.1) is 6.61 Å². The Hall–Kier alpha value is -1.13. The van der Waals surface area contributed by atoms with E-state index in [4.69, 9.17) is 9.47 Å². The molecule has 4 nitrogen and oxygen atoms in total. The minimum absolute atomic E-state index is 0.653. The Bertz CT molecular complexity index is 378. The standard InChI is InChI=1S/C14H22N2O2/c1-11-12(10-15-13-5-6-13)4-7-14(16-11)18-9-3-8-17-2/h4,7,13,15H,3,5-6,8-10H2,1-2H3. The molecule has 0 aromatic carbocycles. The first kappa shape index (κ1) is 13.3. The fourth-order valence-corrected chi connectivity index (χ4v) is 1.76. The third-order valence-electron chi connectivity index (χ3n) is 3.07. The highest BCUT2D eigenvalue weighted by Crippen LogP contribution is 2.20. The smallest absolute Gasteiger partial charge is 0.213 e. The summed E-state index contributed by atoms with van der Waals surface area (Å²) in [4.78, 5) is 4.47. The molecule has 1 aromatic rings. The Labute approximate surface area is 109 Å². The van der Waals surface area contributed by atoms with Gasteiger partial charge in [0.2, 0.25) is 5.88 Å². The fourth-order valence-electron chi connectivity index (χ4n) is 1.76. The Morgan fingerprint density at radius 3 is 2.83 bits per heavy atom. The molecule has 2 rings (SSSR count). The molecule has 1 aliphatic carbocycles. The lowest BCUT2D eigenvalue weighted by atomic mass is 10.2. The maximum absolute atomic E-state index is 5.57. The molecule has 0 atom stereocenters. The topological polar surface area (TPSA) is 43.4 Å². The van der Waals surface area contributed by atoms with Crippen molar-refractivity contribution in [2.24, 2.45) is 0 Å². The summed E-state index contributed by atoms with van der Waals surface area (Å²) in [5.41, 5.74) is 2.30. The van der Waals surface area contributed by atoms with E-state index in [1.165, 1.54) is 18.4 Å². The number of hydrogen-bond acceptors (Lipinski definition) is 4. The summed E-state index contributed by atoms with van der Waals surface area (Å²) in [6.45, 7) is 4.32. The van der Waals surface area contributed by atoms with Crippen LogP contribution < -0.4 is 10.1 Å². The lowest BCUT2D eigenvalue weighted by molar-refractivity contribution is 0.170. The zero-order chi connectivity index (χ0) is 12.8. The van der Waals surface area contributed by atoms with Crippen molar-refractivity contribution in [2.75, 3.05) is 20.3 Å². The van der Waals surface area contributed by atoms with Gasteiger partial charge in [0, 0.05) is 44.5 Å². The van der Waals surface area contributed by atoms with E-state index in [1.54, 1.807) is 7.11 Å². The highest BCUT2D eigenvalue weighted by molar-refractivity contribution is 5.25. The van der Waals surface area contributed by atoms with Gasteiger partial charge in [-0.05, 0) is 25.3 Å². The Morgan fingerprint density at radius 1 is 1.33 bits per heavy atom. The third kappa shape index (κ3) is 4.27. The summed E-state index contributed by atoms with van der Waals surface area (Å²) in [5, 5.41) is 3.50. The summed E-state index contributed by atoms with van der Waals surface area (Å²) >= 11 is 0. The van der Waals surface area contributed by atoms with Gasteiger partial charge in [0.15, 0.2) is 0 Å². The predicted octanol–water partition coefficient (Wildman–Crippen LogP) is 2.06. The van der Waals surface area contributed by atoms with Crippen LogP contribution in [0.25, 0.3) is 0 Å². The van der Waals surface area contributed by atoms with E-state index in [1.807, 2.05) is 13.0 Å². The van der Waals surface area contributed by atoms with Crippen LogP contribution in [0.3, 0.4) is 0 Å². The zero-order valence-corrected chi connectivity index (χ0v) is 11.2. The van der Waals surface area contributed by atoms with Crippen LogP contribution in [-0.4, -0.2) is 31.3 Å². The Kier molecular flexibility index (Phi) is 4.96. The molecule has 1 fully saturated rings. The largest absolute Gasteiger partial charge is 0.478 e. The number of aryl methyl sites for hydroxylation is 1. The second-order valence-electron chi connectivity index (χ2n) is 4.74. The fraction of sp³-hybridized carbons (Fsp3) is 0.643. The molecule has 0 unspecified atom stereocenters. The number of aromatic nitrogens is 1. The van der Waals surface area contributed by atoms with Crippen molar-refractivity contribution in [3.63, 3.8) is 0 Å². The van der Waals surface area contributed by atoms with E-state index in [9.17, 15) is 0 Å². The van der Waals surface area contributed by atoms with Crippen LogP contribution in [0.15, 0.2) is 12.1 Å². The molecule has 0 bridgehead atoms. The van der Waals surface area contributed by atoms with Gasteiger partial charge in [0.1, 0.15) is 0 Å². The van der Waals surface area contributed by atoms with Crippen LogP contribution in [0.2, 0.25) is 0 Å². The SMILES string of the molecule is COCCCOc1ccc(CNC2CC2)c(C)n1. The molecule has 1 aromatic heterocycles. The van der Waals surface area contributed by atoms with Crippen molar-refractivity contribution in [2.45, 2.75) is 38.8 Å². The maximum atomic E-state index is 5.57. The van der Waals surface area contributed by atoms with Crippen LogP contribution in [0.1, 0.15) is 30.5 Å². The lowest BCUT2D eigenvalue weighted by Gasteiger charge is -2.09. The first-order valence-electron chi connectivity index (χ1n) is 6.61. The molecule has 0 radical (unpaired) electrons. The minimum atomic E-state index is 0.653. The third-order valence-corrected chi connectivity index (χ3v) is 3.07. The molecule has 1 N–H and O–H groups in total. The van der Waals surface area contributed by atoms with Crippen LogP contribution in [0, 0.1) is 6.92 Å². The first-order valence-corrected chi connectivity index (χ1v) is 6.61. The molecule has 0 spiro atoms. The minimum Gasteiger partial charge on any atom is -0.478 e. The monoisotopic (exact) mass is 250 g/mol. The number of nitrogens with one attached hydrogen (secondary N) is 1. The summed E-state index contributed by atoms with van der Waals surface area (Å²) < 4.78 is 10.5. The number of nitrogens with zero attached hydrogens (tertiary/aromatic N) is 1. The maximum Gasteiger partial charge on any atom is 0.213 e. The molecule has 0 saturated heterocycles. The Morgan fingerprint density at radius 2 is 2.17 bits per heavy atom. The lowest BCUT2D eigenvalue weighted by Crippen LogP contribution is -2.16. The molecule has 1 saturated carbocycles. The molecule has 100 valence electrons. The van der Waals surface area contributed by atoms with Gasteiger partial charge < -0.3 is 14.8 Å². The van der Waals surface area contributed by atoms with Crippen molar-refractivity contribution < 1.29 is 9.47 Å². The average Bonchev–Trinajstić information content (AvgIpc) is 3.18. The predicted molar refractivity (Wildman–Crippen MR) is 70.8 cm³/mol. The van der Waals surface area contributed by atoms with E-state index in [0.29, 0.717) is 12.5 Å². The molecular weight excluding hydrogens is 228 g/mol. The van der Waals surface area contributed by atoms with Crippen molar-refractivity contribution in [1.29, 1.82) is 0 Å². The normalized spacial score (nSPS) is 14.8. The molecule has 1 aliphatic rings. The van der Waals surface area contributed by atoms with Gasteiger partial charge in [-0.2, -0.15) is 0 Å². The molecular formula is C14H22N2O2. The number of rotatable bonds is 8. The zero-order valence-electron chi connectivity index (χ0n) is 11.2. The molecule has 1 heterocycles. The second kappa shape index (κ2) is 6.71. The van der Waals surface area contributed by atoms with Crippen molar-refractivity contribution in [1.82, 2.24) is 10.3 Å². The number of hydrogen-bond donors (Lipinski definition) is 1. The van der Waals surface area contributed by atoms with E-state index in [2.05, 4.69) is 16.4 Å². The van der Waals surface area contributed by atoms with Crippen molar-refractivity contribution in [3.05, 3.63) is 23.4 Å². The highest BCUT2D eigenvalue weighted by Gasteiger charge is 2.20. The summed E-state index contributed by atoms with van der Waals surface area (Å²) in [6.07, 6.45) is 3.52. The van der Waals surface area contributed by atoms with Crippen LogP contribution in [0.5, 0.6) is 5.88 Å². The van der Waals surface area contributed by atoms with Gasteiger partial charge in [-0.25, -0.2) is 4.98 Å². The van der Waals surface area contributed by atoms with Gasteiger partial charge in [0.25, 0.3) is 0 Å². The number of methoxy groups -OCH3 is 1. The van der Waals surface area contributed by atoms with Crippen LogP contribution >= 0.6 is 0 Å². The molecule has 0 amide bonds. The summed E-state index contributed by atoms with van der Waals surface area (Å²) in [5.74, 6) is 0.707. The van der Waals surface area contributed by atoms with E-state index in [-0.39, 0.29) is 0 Å². The van der Waals surface area contributed by atoms with Gasteiger partial charge in [-0.15, -0.1) is 0 Å². The summed E-state index contributed by atoms with van der Waals surface area (Å²) in [7, 11) is 1.70. The second-order valence-corrected chi connectivity index (χ2v) is 4.74.